The molecule has 1 unspecified atom stereocenters. The van der Waals surface area contributed by atoms with Crippen LogP contribution in [-0.2, 0) is 4.74 Å². The molecule has 4 rings (SSSR count). The van der Waals surface area contributed by atoms with Crippen LogP contribution in [0.5, 0.6) is 5.88 Å². The Hall–Kier alpha value is -2.45. The lowest BCUT2D eigenvalue weighted by molar-refractivity contribution is 0.0745. The van der Waals surface area contributed by atoms with E-state index in [2.05, 4.69) is 19.9 Å². The van der Waals surface area contributed by atoms with Gasteiger partial charge in [0.25, 0.3) is 5.91 Å². The van der Waals surface area contributed by atoms with Gasteiger partial charge < -0.3 is 19.3 Å². The van der Waals surface area contributed by atoms with Crippen molar-refractivity contribution in [2.75, 3.05) is 44.3 Å². The predicted octanol–water partition coefficient (Wildman–Crippen LogP) is 1.66. The van der Waals surface area contributed by atoms with Gasteiger partial charge >= 0.3 is 0 Å². The molecule has 2 aliphatic heterocycles. The van der Waals surface area contributed by atoms with E-state index < -0.39 is 0 Å². The number of hydrogen-bond acceptors (Lipinski definition) is 7. The van der Waals surface area contributed by atoms with Crippen molar-refractivity contribution in [3.8, 4) is 5.88 Å². The maximum atomic E-state index is 12.8. The third-order valence-corrected chi connectivity index (χ3v) is 4.89. The van der Waals surface area contributed by atoms with Crippen molar-refractivity contribution in [2.45, 2.75) is 12.5 Å². The van der Waals surface area contributed by atoms with Gasteiger partial charge in [-0.2, -0.15) is 0 Å². The number of carbonyl (C=O) groups is 1. The first-order valence-corrected chi connectivity index (χ1v) is 9.29. The van der Waals surface area contributed by atoms with Crippen LogP contribution >= 0.6 is 11.6 Å². The van der Waals surface area contributed by atoms with E-state index in [4.69, 9.17) is 21.1 Å². The number of pyridine rings is 1. The van der Waals surface area contributed by atoms with Crippen LogP contribution in [0.1, 0.15) is 16.8 Å². The Morgan fingerprint density at radius 2 is 1.96 bits per heavy atom. The topological polar surface area (TPSA) is 80.7 Å². The Labute approximate surface area is 162 Å². The lowest BCUT2D eigenvalue weighted by Crippen LogP contribution is -2.49. The Balaban J connectivity index is 1.37. The fourth-order valence-corrected chi connectivity index (χ4v) is 3.35. The van der Waals surface area contributed by atoms with Crippen molar-refractivity contribution < 1.29 is 14.3 Å². The zero-order chi connectivity index (χ0) is 18.6. The average molecular weight is 390 g/mol. The first-order valence-electron chi connectivity index (χ1n) is 8.92. The van der Waals surface area contributed by atoms with E-state index >= 15 is 0 Å². The summed E-state index contributed by atoms with van der Waals surface area (Å²) in [5.41, 5.74) is 0.458. The second-order valence-electron chi connectivity index (χ2n) is 6.44. The molecule has 0 radical (unpaired) electrons. The van der Waals surface area contributed by atoms with Gasteiger partial charge in [0.2, 0.25) is 11.8 Å². The van der Waals surface area contributed by atoms with Crippen molar-refractivity contribution in [1.82, 2.24) is 19.9 Å². The summed E-state index contributed by atoms with van der Waals surface area (Å²) in [6.07, 6.45) is 5.73. The minimum Gasteiger partial charge on any atom is -0.471 e. The van der Waals surface area contributed by atoms with E-state index in [1.54, 1.807) is 29.4 Å². The Kier molecular flexibility index (Phi) is 5.35. The highest BCUT2D eigenvalue weighted by Gasteiger charge is 2.25. The first kappa shape index (κ1) is 17.9. The van der Waals surface area contributed by atoms with Gasteiger partial charge in [0.15, 0.2) is 0 Å². The molecule has 0 N–H and O–H groups in total. The monoisotopic (exact) mass is 389 g/mol. The molecule has 0 aromatic carbocycles. The molecular weight excluding hydrogens is 370 g/mol. The molecule has 4 heterocycles. The SMILES string of the molecule is O=C(c1cnc(OC2CCOC2)c(Cl)c1)N1CCN(c2ncccn2)CC1. The molecule has 8 nitrogen and oxygen atoms in total. The highest BCUT2D eigenvalue weighted by molar-refractivity contribution is 6.32. The van der Waals surface area contributed by atoms with E-state index in [0.717, 1.165) is 6.42 Å². The molecule has 2 fully saturated rings. The van der Waals surface area contributed by atoms with Crippen LogP contribution in [-0.4, -0.2) is 71.3 Å². The molecule has 9 heteroatoms. The van der Waals surface area contributed by atoms with Gasteiger partial charge in [0, 0.05) is 51.2 Å². The van der Waals surface area contributed by atoms with Crippen LogP contribution < -0.4 is 9.64 Å². The number of anilines is 1. The molecule has 2 saturated heterocycles. The number of amides is 1. The highest BCUT2D eigenvalue weighted by Crippen LogP contribution is 2.26. The standard InChI is InChI=1S/C18H20ClN5O3/c19-15-10-13(11-22-16(15)27-14-2-9-26-12-14)17(25)23-5-7-24(8-6-23)18-20-3-1-4-21-18/h1,3-4,10-11,14H,2,5-9,12H2. The minimum absolute atomic E-state index is 0.0372. The third kappa shape index (κ3) is 4.12. The van der Waals surface area contributed by atoms with Crippen molar-refractivity contribution in [2.24, 2.45) is 0 Å². The maximum absolute atomic E-state index is 12.8. The second kappa shape index (κ2) is 8.06. The number of rotatable bonds is 4. The Bertz CT molecular complexity index is 793. The lowest BCUT2D eigenvalue weighted by atomic mass is 10.2. The summed E-state index contributed by atoms with van der Waals surface area (Å²) in [5, 5.41) is 0.337. The number of hydrogen-bond donors (Lipinski definition) is 0. The number of halogens is 1. The van der Waals surface area contributed by atoms with E-state index in [1.165, 1.54) is 6.20 Å². The zero-order valence-electron chi connectivity index (χ0n) is 14.8. The molecule has 1 amide bonds. The summed E-state index contributed by atoms with van der Waals surface area (Å²) in [7, 11) is 0. The molecule has 0 bridgehead atoms. The quantitative estimate of drug-likeness (QED) is 0.786. The van der Waals surface area contributed by atoms with Gasteiger partial charge in [-0.05, 0) is 12.1 Å². The van der Waals surface area contributed by atoms with Gasteiger partial charge in [-0.3, -0.25) is 4.79 Å². The summed E-state index contributed by atoms with van der Waals surface area (Å²) < 4.78 is 11.0. The van der Waals surface area contributed by atoms with Crippen LogP contribution in [0.4, 0.5) is 5.95 Å². The Morgan fingerprint density at radius 1 is 1.19 bits per heavy atom. The number of piperazine rings is 1. The predicted molar refractivity (Wildman–Crippen MR) is 99.2 cm³/mol. The van der Waals surface area contributed by atoms with Crippen LogP contribution in [0.25, 0.3) is 0 Å². The molecule has 1 atom stereocenters. The van der Waals surface area contributed by atoms with Gasteiger partial charge in [0.1, 0.15) is 11.1 Å². The van der Waals surface area contributed by atoms with E-state index in [1.807, 2.05) is 0 Å². The second-order valence-corrected chi connectivity index (χ2v) is 6.85. The summed E-state index contributed by atoms with van der Waals surface area (Å²) in [4.78, 5) is 29.4. The fourth-order valence-electron chi connectivity index (χ4n) is 3.14. The maximum Gasteiger partial charge on any atom is 0.255 e. The number of ether oxygens (including phenoxy) is 2. The molecule has 2 aliphatic rings. The number of carbonyl (C=O) groups excluding carboxylic acids is 1. The largest absolute Gasteiger partial charge is 0.471 e. The Morgan fingerprint density at radius 3 is 2.63 bits per heavy atom. The highest BCUT2D eigenvalue weighted by atomic mass is 35.5. The van der Waals surface area contributed by atoms with E-state index in [9.17, 15) is 4.79 Å². The molecule has 2 aromatic rings. The average Bonchev–Trinajstić information content (AvgIpc) is 3.23. The van der Waals surface area contributed by atoms with Crippen LogP contribution in [0.15, 0.2) is 30.7 Å². The summed E-state index contributed by atoms with van der Waals surface area (Å²) in [5.74, 6) is 0.940. The smallest absolute Gasteiger partial charge is 0.255 e. The van der Waals surface area contributed by atoms with Crippen molar-refractivity contribution in [3.05, 3.63) is 41.3 Å². The zero-order valence-corrected chi connectivity index (χ0v) is 15.5. The molecule has 0 saturated carbocycles. The van der Waals surface area contributed by atoms with Crippen molar-refractivity contribution in [3.63, 3.8) is 0 Å². The molecular formula is C18H20ClN5O3. The molecule has 2 aromatic heterocycles. The van der Waals surface area contributed by atoms with Crippen LogP contribution in [0, 0.1) is 0 Å². The first-order chi connectivity index (χ1) is 13.2. The van der Waals surface area contributed by atoms with Crippen LogP contribution in [0.3, 0.4) is 0 Å². The number of aromatic nitrogens is 3. The normalized spacial score (nSPS) is 20.0. The molecule has 0 spiro atoms. The van der Waals surface area contributed by atoms with Crippen molar-refractivity contribution in [1.29, 1.82) is 0 Å². The molecule has 27 heavy (non-hydrogen) atoms. The minimum atomic E-state index is -0.0891. The third-order valence-electron chi connectivity index (χ3n) is 4.62. The summed E-state index contributed by atoms with van der Waals surface area (Å²) >= 11 is 6.27. The van der Waals surface area contributed by atoms with Crippen molar-refractivity contribution >= 4 is 23.5 Å². The molecule has 0 aliphatic carbocycles. The summed E-state index contributed by atoms with van der Waals surface area (Å²) in [6.45, 7) is 3.76. The fraction of sp³-hybridized carbons (Fsp3) is 0.444. The van der Waals surface area contributed by atoms with Crippen LogP contribution in [0.2, 0.25) is 5.02 Å². The lowest BCUT2D eigenvalue weighted by Gasteiger charge is -2.34. The van der Waals surface area contributed by atoms with E-state index in [-0.39, 0.29) is 12.0 Å². The van der Waals surface area contributed by atoms with E-state index in [0.29, 0.717) is 61.8 Å². The van der Waals surface area contributed by atoms with Gasteiger partial charge in [0.05, 0.1) is 18.8 Å². The van der Waals surface area contributed by atoms with Gasteiger partial charge in [-0.1, -0.05) is 11.6 Å². The molecule has 142 valence electrons. The van der Waals surface area contributed by atoms with Gasteiger partial charge in [-0.15, -0.1) is 0 Å². The summed E-state index contributed by atoms with van der Waals surface area (Å²) in [6, 6.07) is 3.40. The van der Waals surface area contributed by atoms with Gasteiger partial charge in [-0.25, -0.2) is 15.0 Å². The number of nitrogens with zero attached hydrogens (tertiary/aromatic N) is 5.